The Morgan fingerprint density at radius 2 is 1.80 bits per heavy atom. The van der Waals surface area contributed by atoms with E-state index in [1.807, 2.05) is 14.0 Å². The van der Waals surface area contributed by atoms with E-state index in [9.17, 15) is 0 Å². The quantitative estimate of drug-likeness (QED) is 0.840. The lowest BCUT2D eigenvalue weighted by atomic mass is 10.0. The third-order valence-corrected chi connectivity index (χ3v) is 3.47. The van der Waals surface area contributed by atoms with Crippen molar-refractivity contribution in [2.24, 2.45) is 0 Å². The Morgan fingerprint density at radius 1 is 1.05 bits per heavy atom. The Hall–Kier alpha value is -1.42. The fraction of sp³-hybridized carbons (Fsp3) is 0.412. The summed E-state index contributed by atoms with van der Waals surface area (Å²) in [6.45, 7) is 3.28. The fourth-order valence-electron chi connectivity index (χ4n) is 2.31. The molecule has 2 atom stereocenters. The lowest BCUT2D eigenvalue weighted by molar-refractivity contribution is 0.000224. The summed E-state index contributed by atoms with van der Waals surface area (Å²) in [4.78, 5) is 0. The van der Waals surface area contributed by atoms with Crippen LogP contribution in [0.5, 0.6) is 0 Å². The molecule has 0 heterocycles. The lowest BCUT2D eigenvalue weighted by Crippen LogP contribution is -2.25. The number of nitrogens with one attached hydrogen (secondary N) is 1. The summed E-state index contributed by atoms with van der Waals surface area (Å²) in [5.74, 6) is 0. The molecule has 0 aliphatic heterocycles. The van der Waals surface area contributed by atoms with Crippen LogP contribution in [0.3, 0.4) is 0 Å². The van der Waals surface area contributed by atoms with Gasteiger partial charge in [-0.15, -0.1) is 0 Å². The van der Waals surface area contributed by atoms with Crippen LogP contribution in [0, 0.1) is 0 Å². The normalized spacial score (nSPS) is 14.3. The van der Waals surface area contributed by atoms with E-state index in [-0.39, 0.29) is 12.1 Å². The van der Waals surface area contributed by atoms with E-state index in [0.717, 1.165) is 0 Å². The maximum atomic E-state index is 5.81. The monoisotopic (exact) mass is 273 g/mol. The Labute approximate surface area is 120 Å². The van der Waals surface area contributed by atoms with Crippen molar-refractivity contribution in [1.29, 1.82) is 0 Å². The minimum absolute atomic E-state index is 0.108. The molecule has 2 aromatic carbocycles. The van der Waals surface area contributed by atoms with Crippen molar-refractivity contribution in [3.8, 4) is 0 Å². The number of hydrogen-bond acceptors (Lipinski definition) is 3. The molecular weight excluding hydrogens is 250 g/mol. The van der Waals surface area contributed by atoms with Gasteiger partial charge in [-0.1, -0.05) is 36.4 Å². The maximum Gasteiger partial charge on any atom is 0.0781 e. The van der Waals surface area contributed by atoms with Crippen LogP contribution in [0.2, 0.25) is 0 Å². The van der Waals surface area contributed by atoms with Crippen molar-refractivity contribution < 1.29 is 9.47 Å². The molecule has 0 aromatic heterocycles. The lowest BCUT2D eigenvalue weighted by Gasteiger charge is -2.20. The van der Waals surface area contributed by atoms with Crippen LogP contribution >= 0.6 is 0 Å². The minimum atomic E-state index is 0.108. The average Bonchev–Trinajstić information content (AvgIpc) is 2.48. The molecule has 2 aromatic rings. The molecule has 0 aliphatic carbocycles. The molecule has 0 bridgehead atoms. The number of likely N-dealkylation sites (N-methyl/N-ethyl adjacent to an activating group) is 1. The molecule has 0 saturated heterocycles. The van der Waals surface area contributed by atoms with Gasteiger partial charge in [-0.2, -0.15) is 0 Å². The molecule has 0 radical (unpaired) electrons. The molecule has 0 aliphatic rings. The molecule has 0 fully saturated rings. The number of hydrogen-bond donors (Lipinski definition) is 1. The molecule has 0 amide bonds. The van der Waals surface area contributed by atoms with Crippen LogP contribution in [0.4, 0.5) is 0 Å². The summed E-state index contributed by atoms with van der Waals surface area (Å²) in [5, 5.41) is 5.84. The van der Waals surface area contributed by atoms with Gasteiger partial charge < -0.3 is 14.8 Å². The first-order valence-electron chi connectivity index (χ1n) is 7.01. The van der Waals surface area contributed by atoms with Gasteiger partial charge in [-0.3, -0.25) is 0 Å². The van der Waals surface area contributed by atoms with Gasteiger partial charge in [0.05, 0.1) is 25.4 Å². The molecule has 0 spiro atoms. The molecule has 2 rings (SSSR count). The van der Waals surface area contributed by atoms with E-state index in [1.54, 1.807) is 7.11 Å². The molecule has 2 unspecified atom stereocenters. The Balaban J connectivity index is 2.08. The van der Waals surface area contributed by atoms with Crippen LogP contribution in [0.1, 0.15) is 18.5 Å². The maximum absolute atomic E-state index is 5.81. The topological polar surface area (TPSA) is 30.5 Å². The molecule has 20 heavy (non-hydrogen) atoms. The minimum Gasteiger partial charge on any atom is -0.382 e. The zero-order valence-electron chi connectivity index (χ0n) is 12.4. The first-order chi connectivity index (χ1) is 9.74. The van der Waals surface area contributed by atoms with Crippen molar-refractivity contribution in [1.82, 2.24) is 5.32 Å². The zero-order valence-corrected chi connectivity index (χ0v) is 12.4. The average molecular weight is 273 g/mol. The Bertz CT molecular complexity index is 541. The molecule has 108 valence electrons. The second-order valence-electron chi connectivity index (χ2n) is 5.05. The number of rotatable bonds is 7. The molecule has 3 heteroatoms. The number of fused-ring (bicyclic) bond motifs is 1. The molecule has 0 saturated carbocycles. The summed E-state index contributed by atoms with van der Waals surface area (Å²) in [5.41, 5.74) is 1.25. The van der Waals surface area contributed by atoms with Gasteiger partial charge in [0.1, 0.15) is 0 Å². The van der Waals surface area contributed by atoms with Crippen molar-refractivity contribution >= 4 is 10.8 Å². The second kappa shape index (κ2) is 7.39. The predicted molar refractivity (Wildman–Crippen MR) is 83.0 cm³/mol. The molecular formula is C17H23NO2. The first kappa shape index (κ1) is 15.0. The van der Waals surface area contributed by atoms with E-state index >= 15 is 0 Å². The van der Waals surface area contributed by atoms with E-state index < -0.39 is 0 Å². The summed E-state index contributed by atoms with van der Waals surface area (Å²) in [6.07, 6.45) is 0.108. The third-order valence-electron chi connectivity index (χ3n) is 3.47. The van der Waals surface area contributed by atoms with Crippen molar-refractivity contribution in [3.05, 3.63) is 48.0 Å². The van der Waals surface area contributed by atoms with Crippen molar-refractivity contribution in [2.75, 3.05) is 27.4 Å². The number of methoxy groups -OCH3 is 1. The summed E-state index contributed by atoms with van der Waals surface area (Å²) in [6, 6.07) is 15.1. The summed E-state index contributed by atoms with van der Waals surface area (Å²) < 4.78 is 10.9. The second-order valence-corrected chi connectivity index (χ2v) is 5.05. The highest BCUT2D eigenvalue weighted by molar-refractivity contribution is 5.83. The Morgan fingerprint density at radius 3 is 2.50 bits per heavy atom. The highest BCUT2D eigenvalue weighted by Crippen LogP contribution is 2.20. The molecule has 1 N–H and O–H groups in total. The van der Waals surface area contributed by atoms with Gasteiger partial charge in [0.2, 0.25) is 0 Å². The highest BCUT2D eigenvalue weighted by atomic mass is 16.5. The fourth-order valence-corrected chi connectivity index (χ4v) is 2.31. The van der Waals surface area contributed by atoms with Gasteiger partial charge >= 0.3 is 0 Å². The summed E-state index contributed by atoms with van der Waals surface area (Å²) >= 11 is 0. The molecule has 3 nitrogen and oxygen atoms in total. The van der Waals surface area contributed by atoms with Crippen molar-refractivity contribution in [3.63, 3.8) is 0 Å². The highest BCUT2D eigenvalue weighted by Gasteiger charge is 2.12. The zero-order chi connectivity index (χ0) is 14.4. The van der Waals surface area contributed by atoms with Crippen LogP contribution in [-0.2, 0) is 9.47 Å². The predicted octanol–water partition coefficient (Wildman–Crippen LogP) is 3.15. The third kappa shape index (κ3) is 3.79. The standard InChI is InChI=1S/C17H23NO2/c1-13(11-19-3)20-12-17(18-2)16-9-8-14-6-4-5-7-15(14)10-16/h4-10,13,17-18H,11-12H2,1-3H3. The smallest absolute Gasteiger partial charge is 0.0781 e. The van der Waals surface area contributed by atoms with E-state index in [4.69, 9.17) is 9.47 Å². The SMILES string of the molecule is CNC(COC(C)COC)c1ccc2ccccc2c1. The van der Waals surface area contributed by atoms with E-state index in [2.05, 4.69) is 47.8 Å². The number of benzene rings is 2. The van der Waals surface area contributed by atoms with Crippen LogP contribution in [0.25, 0.3) is 10.8 Å². The first-order valence-corrected chi connectivity index (χ1v) is 7.01. The van der Waals surface area contributed by atoms with Crippen LogP contribution in [-0.4, -0.2) is 33.5 Å². The van der Waals surface area contributed by atoms with Gasteiger partial charge in [0.25, 0.3) is 0 Å². The van der Waals surface area contributed by atoms with Gasteiger partial charge in [-0.05, 0) is 36.4 Å². The van der Waals surface area contributed by atoms with Gasteiger partial charge in [0, 0.05) is 7.11 Å². The van der Waals surface area contributed by atoms with E-state index in [0.29, 0.717) is 13.2 Å². The van der Waals surface area contributed by atoms with Gasteiger partial charge in [0.15, 0.2) is 0 Å². The largest absolute Gasteiger partial charge is 0.382 e. The number of ether oxygens (including phenoxy) is 2. The Kier molecular flexibility index (Phi) is 5.53. The van der Waals surface area contributed by atoms with Crippen LogP contribution in [0.15, 0.2) is 42.5 Å². The summed E-state index contributed by atoms with van der Waals surface area (Å²) in [7, 11) is 3.66. The van der Waals surface area contributed by atoms with E-state index in [1.165, 1.54) is 16.3 Å². The van der Waals surface area contributed by atoms with Crippen LogP contribution < -0.4 is 5.32 Å². The van der Waals surface area contributed by atoms with Gasteiger partial charge in [-0.25, -0.2) is 0 Å². The van der Waals surface area contributed by atoms with Crippen molar-refractivity contribution in [2.45, 2.75) is 19.1 Å².